The number of rotatable bonds is 5. The van der Waals surface area contributed by atoms with Gasteiger partial charge in [0.2, 0.25) is 0 Å². The van der Waals surface area contributed by atoms with E-state index in [2.05, 4.69) is 9.78 Å². The fourth-order valence-corrected chi connectivity index (χ4v) is 1.79. The average Bonchev–Trinajstić information content (AvgIpc) is 2.80. The normalized spacial score (nSPS) is 17.4. The minimum absolute atomic E-state index is 0.192. The third kappa shape index (κ3) is 3.16. The molecule has 0 saturated heterocycles. The molecule has 2 rings (SSSR count). The maximum atomic E-state index is 11.7. The molecule has 6 nitrogen and oxygen atoms in total. The number of carbonyl (C=O) groups is 2. The van der Waals surface area contributed by atoms with Crippen LogP contribution in [0.4, 0.5) is 0 Å². The van der Waals surface area contributed by atoms with Gasteiger partial charge in [0, 0.05) is 11.6 Å². The number of ketones is 1. The first-order valence-electron chi connectivity index (χ1n) is 5.94. The number of methoxy groups -OCH3 is 1. The summed E-state index contributed by atoms with van der Waals surface area (Å²) in [5, 5.41) is 0. The van der Waals surface area contributed by atoms with E-state index in [1.165, 1.54) is 13.2 Å². The minimum atomic E-state index is -0.866. The highest BCUT2D eigenvalue weighted by Crippen LogP contribution is 2.27. The van der Waals surface area contributed by atoms with Crippen molar-refractivity contribution in [1.82, 2.24) is 0 Å². The molecule has 1 aliphatic rings. The van der Waals surface area contributed by atoms with Crippen molar-refractivity contribution >= 4 is 17.5 Å². The lowest BCUT2D eigenvalue weighted by molar-refractivity contribution is -0.256. The summed E-state index contributed by atoms with van der Waals surface area (Å²) >= 11 is 0. The summed E-state index contributed by atoms with van der Waals surface area (Å²) in [5.74, 6) is 0.200. The first-order chi connectivity index (χ1) is 9.63. The predicted octanol–water partition coefficient (Wildman–Crippen LogP) is 1.50. The van der Waals surface area contributed by atoms with Crippen LogP contribution in [0.3, 0.4) is 0 Å². The van der Waals surface area contributed by atoms with E-state index in [-0.39, 0.29) is 12.2 Å². The molecular weight excluding hydrogens is 264 g/mol. The van der Waals surface area contributed by atoms with E-state index in [9.17, 15) is 9.59 Å². The minimum Gasteiger partial charge on any atom is -0.497 e. The largest absolute Gasteiger partial charge is 0.497 e. The predicted molar refractivity (Wildman–Crippen MR) is 68.6 cm³/mol. The lowest BCUT2D eigenvalue weighted by atomic mass is 10.1. The number of carbonyl (C=O) groups excluding carboxylic acids is 2. The molecule has 0 radical (unpaired) electrons. The van der Waals surface area contributed by atoms with Crippen LogP contribution in [0.25, 0.3) is 5.76 Å². The highest BCUT2D eigenvalue weighted by molar-refractivity contribution is 6.03. The van der Waals surface area contributed by atoms with Crippen LogP contribution >= 0.6 is 0 Å². The van der Waals surface area contributed by atoms with Crippen LogP contribution in [0.15, 0.2) is 30.3 Å². The molecule has 6 heteroatoms. The Hall–Kier alpha value is -2.34. The van der Waals surface area contributed by atoms with E-state index < -0.39 is 12.1 Å². The van der Waals surface area contributed by atoms with Crippen molar-refractivity contribution in [3.05, 3.63) is 35.9 Å². The fraction of sp³-hybridized carbons (Fsp3) is 0.286. The Morgan fingerprint density at radius 1 is 1.25 bits per heavy atom. The lowest BCUT2D eigenvalue weighted by Crippen LogP contribution is -2.21. The van der Waals surface area contributed by atoms with Gasteiger partial charge < -0.3 is 9.47 Å². The van der Waals surface area contributed by atoms with E-state index >= 15 is 0 Å². The van der Waals surface area contributed by atoms with Gasteiger partial charge in [-0.15, -0.1) is 0 Å². The first kappa shape index (κ1) is 14.1. The third-order valence-corrected chi connectivity index (χ3v) is 2.76. The molecule has 0 aliphatic carbocycles. The second-order valence-corrected chi connectivity index (χ2v) is 4.07. The molecule has 0 spiro atoms. The lowest BCUT2D eigenvalue weighted by Gasteiger charge is -2.11. The van der Waals surface area contributed by atoms with E-state index in [0.29, 0.717) is 11.5 Å². The highest BCUT2D eigenvalue weighted by Gasteiger charge is 2.30. The van der Waals surface area contributed by atoms with Crippen molar-refractivity contribution in [3.8, 4) is 5.75 Å². The molecule has 1 atom stereocenters. The van der Waals surface area contributed by atoms with Gasteiger partial charge in [-0.3, -0.25) is 9.68 Å². The van der Waals surface area contributed by atoms with Gasteiger partial charge in [0.25, 0.3) is 0 Å². The summed E-state index contributed by atoms with van der Waals surface area (Å²) in [5.41, 5.74) is 0.738. The Labute approximate surface area is 115 Å². The number of hydrogen-bond acceptors (Lipinski definition) is 6. The summed E-state index contributed by atoms with van der Waals surface area (Å²) in [6.45, 7) is 0. The average molecular weight is 278 g/mol. The van der Waals surface area contributed by atoms with Gasteiger partial charge in [-0.1, -0.05) is 0 Å². The summed E-state index contributed by atoms with van der Waals surface area (Å²) in [4.78, 5) is 31.5. The summed E-state index contributed by atoms with van der Waals surface area (Å²) in [6, 6.07) is 7.06. The molecule has 0 saturated carbocycles. The zero-order valence-electron chi connectivity index (χ0n) is 11.1. The molecule has 0 bridgehead atoms. The van der Waals surface area contributed by atoms with Gasteiger partial charge in [-0.05, 0) is 24.3 Å². The second kappa shape index (κ2) is 6.21. The Morgan fingerprint density at radius 3 is 2.55 bits per heavy atom. The molecule has 1 aliphatic heterocycles. The van der Waals surface area contributed by atoms with Gasteiger partial charge >= 0.3 is 5.97 Å². The van der Waals surface area contributed by atoms with Crippen LogP contribution in [-0.4, -0.2) is 32.1 Å². The summed E-state index contributed by atoms with van der Waals surface area (Å²) < 4.78 is 10.5. The standard InChI is InChI=1S/C14H14O6/c1-17-10-5-3-9(4-6-10)12-7-11(15)13(19-12)8-14(16)20-18-2/h3-7,13H,8H2,1-2H3. The molecule has 1 aromatic carbocycles. The topological polar surface area (TPSA) is 71.1 Å². The summed E-state index contributed by atoms with van der Waals surface area (Å²) in [6.07, 6.45) is 0.310. The molecule has 106 valence electrons. The second-order valence-electron chi connectivity index (χ2n) is 4.07. The maximum Gasteiger partial charge on any atom is 0.346 e. The van der Waals surface area contributed by atoms with Gasteiger partial charge in [0.15, 0.2) is 11.9 Å². The van der Waals surface area contributed by atoms with Crippen LogP contribution in [0.1, 0.15) is 12.0 Å². The van der Waals surface area contributed by atoms with E-state index in [1.54, 1.807) is 31.4 Å². The molecule has 1 aromatic rings. The van der Waals surface area contributed by atoms with Crippen LogP contribution in [0.5, 0.6) is 5.75 Å². The smallest absolute Gasteiger partial charge is 0.346 e. The van der Waals surface area contributed by atoms with Crippen molar-refractivity contribution < 1.29 is 28.8 Å². The Kier molecular flexibility index (Phi) is 4.37. The molecule has 0 fully saturated rings. The zero-order valence-corrected chi connectivity index (χ0v) is 11.1. The summed E-state index contributed by atoms with van der Waals surface area (Å²) in [7, 11) is 2.79. The number of hydrogen-bond donors (Lipinski definition) is 0. The van der Waals surface area contributed by atoms with Gasteiger partial charge in [0.05, 0.1) is 20.6 Å². The van der Waals surface area contributed by atoms with Crippen LogP contribution < -0.4 is 4.74 Å². The van der Waals surface area contributed by atoms with Crippen LogP contribution in [0, 0.1) is 0 Å². The van der Waals surface area contributed by atoms with Gasteiger partial charge in [-0.2, -0.15) is 4.89 Å². The van der Waals surface area contributed by atoms with E-state index in [4.69, 9.17) is 9.47 Å². The first-order valence-corrected chi connectivity index (χ1v) is 5.94. The molecule has 0 N–H and O–H groups in total. The molecule has 1 unspecified atom stereocenters. The van der Waals surface area contributed by atoms with Crippen molar-refractivity contribution in [2.45, 2.75) is 12.5 Å². The van der Waals surface area contributed by atoms with Crippen molar-refractivity contribution in [2.75, 3.05) is 14.2 Å². The maximum absolute atomic E-state index is 11.7. The van der Waals surface area contributed by atoms with Crippen LogP contribution in [-0.2, 0) is 24.1 Å². The third-order valence-electron chi connectivity index (χ3n) is 2.76. The van der Waals surface area contributed by atoms with Gasteiger partial charge in [-0.25, -0.2) is 4.79 Å². The number of benzene rings is 1. The van der Waals surface area contributed by atoms with E-state index in [0.717, 1.165) is 5.56 Å². The Morgan fingerprint density at radius 2 is 1.95 bits per heavy atom. The molecule has 20 heavy (non-hydrogen) atoms. The monoisotopic (exact) mass is 278 g/mol. The zero-order chi connectivity index (χ0) is 14.5. The van der Waals surface area contributed by atoms with Crippen molar-refractivity contribution in [1.29, 1.82) is 0 Å². The van der Waals surface area contributed by atoms with Crippen molar-refractivity contribution in [2.24, 2.45) is 0 Å². The quantitative estimate of drug-likeness (QED) is 0.600. The van der Waals surface area contributed by atoms with Crippen molar-refractivity contribution in [3.63, 3.8) is 0 Å². The molecule has 0 amide bonds. The molecule has 0 aromatic heterocycles. The highest BCUT2D eigenvalue weighted by atomic mass is 17.2. The van der Waals surface area contributed by atoms with Crippen LogP contribution in [0.2, 0.25) is 0 Å². The Balaban J connectivity index is 2.03. The number of ether oxygens (including phenoxy) is 2. The fourth-order valence-electron chi connectivity index (χ4n) is 1.79. The molecular formula is C14H14O6. The molecule has 1 heterocycles. The van der Waals surface area contributed by atoms with E-state index in [1.807, 2.05) is 0 Å². The van der Waals surface area contributed by atoms with Gasteiger partial charge in [0.1, 0.15) is 11.5 Å². The Bertz CT molecular complexity index is 531. The SMILES string of the molecule is COOC(=O)CC1OC(c2ccc(OC)cc2)=CC1=O.